The third-order valence-corrected chi connectivity index (χ3v) is 4.20. The van der Waals surface area contributed by atoms with Gasteiger partial charge in [0.15, 0.2) is 5.96 Å². The Morgan fingerprint density at radius 1 is 1.43 bits per heavy atom. The molecule has 1 heterocycles. The highest BCUT2D eigenvalue weighted by atomic mass is 16.2. The van der Waals surface area contributed by atoms with Gasteiger partial charge in [0.05, 0.1) is 0 Å². The first-order chi connectivity index (χ1) is 9.97. The minimum atomic E-state index is -0.720. The van der Waals surface area contributed by atoms with Crippen molar-refractivity contribution in [3.05, 3.63) is 47.5 Å². The zero-order valence-electron chi connectivity index (χ0n) is 12.5. The quantitative estimate of drug-likeness (QED) is 0.861. The van der Waals surface area contributed by atoms with E-state index in [9.17, 15) is 4.79 Å². The maximum Gasteiger partial charge on any atom is 0.256 e. The van der Waals surface area contributed by atoms with Crippen LogP contribution < -0.4 is 5.73 Å². The van der Waals surface area contributed by atoms with Crippen LogP contribution in [0.4, 0.5) is 0 Å². The molecular weight excluding hydrogens is 262 g/mol. The Kier molecular flexibility index (Phi) is 3.32. The molecule has 0 saturated heterocycles. The SMILES string of the molecule is CC1(C)N=C(N)N(CCc2cccc(C3C=CC3)c2)C1=O. The molecule has 4 heteroatoms. The molecule has 0 bridgehead atoms. The number of hydrogen-bond acceptors (Lipinski definition) is 3. The van der Waals surface area contributed by atoms with Crippen molar-refractivity contribution in [2.45, 2.75) is 38.1 Å². The van der Waals surface area contributed by atoms with Gasteiger partial charge in [-0.3, -0.25) is 9.69 Å². The molecule has 0 fully saturated rings. The molecule has 1 amide bonds. The molecule has 0 radical (unpaired) electrons. The summed E-state index contributed by atoms with van der Waals surface area (Å²) in [5.74, 6) is 0.880. The Morgan fingerprint density at radius 3 is 2.76 bits per heavy atom. The van der Waals surface area contributed by atoms with Crippen LogP contribution in [0.5, 0.6) is 0 Å². The van der Waals surface area contributed by atoms with Gasteiger partial charge in [-0.2, -0.15) is 0 Å². The zero-order chi connectivity index (χ0) is 15.0. The molecule has 1 aromatic carbocycles. The van der Waals surface area contributed by atoms with Gasteiger partial charge in [-0.05, 0) is 37.8 Å². The Bertz CT molecular complexity index is 631. The van der Waals surface area contributed by atoms with Crippen LogP contribution in [0.25, 0.3) is 0 Å². The summed E-state index contributed by atoms with van der Waals surface area (Å²) in [7, 11) is 0. The standard InChI is InChI=1S/C17H21N3O/c1-17(2)15(21)20(16(18)19-17)10-9-12-5-3-8-14(11-12)13-6-4-7-13/h3-6,8,11,13H,7,9-10H2,1-2H3,(H2,18,19). The lowest BCUT2D eigenvalue weighted by Crippen LogP contribution is -2.42. The summed E-state index contributed by atoms with van der Waals surface area (Å²) in [6, 6.07) is 8.58. The van der Waals surface area contributed by atoms with Gasteiger partial charge in [-0.15, -0.1) is 0 Å². The predicted molar refractivity (Wildman–Crippen MR) is 84.1 cm³/mol. The Balaban J connectivity index is 1.67. The van der Waals surface area contributed by atoms with E-state index in [-0.39, 0.29) is 5.91 Å². The summed E-state index contributed by atoms with van der Waals surface area (Å²) >= 11 is 0. The average Bonchev–Trinajstić information content (AvgIpc) is 2.55. The summed E-state index contributed by atoms with van der Waals surface area (Å²) in [5, 5.41) is 0. The van der Waals surface area contributed by atoms with E-state index < -0.39 is 5.54 Å². The number of nitrogens with two attached hydrogens (primary N) is 1. The topological polar surface area (TPSA) is 58.7 Å². The number of allylic oxidation sites excluding steroid dienone is 2. The minimum absolute atomic E-state index is 0.0157. The fourth-order valence-electron chi connectivity index (χ4n) is 2.78. The van der Waals surface area contributed by atoms with Gasteiger partial charge in [0, 0.05) is 12.5 Å². The number of carbonyl (C=O) groups excluding carboxylic acids is 1. The third-order valence-electron chi connectivity index (χ3n) is 4.20. The third kappa shape index (κ3) is 2.58. The molecule has 1 aliphatic heterocycles. The molecule has 4 nitrogen and oxygen atoms in total. The van der Waals surface area contributed by atoms with Crippen molar-refractivity contribution in [2.24, 2.45) is 10.7 Å². The normalized spacial score (nSPS) is 23.1. The van der Waals surface area contributed by atoms with Gasteiger partial charge in [-0.25, -0.2) is 4.99 Å². The molecule has 1 aromatic rings. The van der Waals surface area contributed by atoms with E-state index in [0.29, 0.717) is 18.4 Å². The highest BCUT2D eigenvalue weighted by molar-refractivity contribution is 6.06. The first kappa shape index (κ1) is 13.9. The van der Waals surface area contributed by atoms with Crippen LogP contribution in [0.1, 0.15) is 37.3 Å². The van der Waals surface area contributed by atoms with Crippen LogP contribution in [-0.2, 0) is 11.2 Å². The highest BCUT2D eigenvalue weighted by Gasteiger charge is 2.39. The summed E-state index contributed by atoms with van der Waals surface area (Å²) in [6.07, 6.45) is 6.35. The molecule has 0 saturated carbocycles. The summed E-state index contributed by atoms with van der Waals surface area (Å²) in [4.78, 5) is 18.0. The monoisotopic (exact) mass is 283 g/mol. The number of nitrogens with zero attached hydrogens (tertiary/aromatic N) is 2. The van der Waals surface area contributed by atoms with Crippen molar-refractivity contribution in [3.63, 3.8) is 0 Å². The Morgan fingerprint density at radius 2 is 2.19 bits per heavy atom. The van der Waals surface area contributed by atoms with E-state index in [2.05, 4.69) is 41.4 Å². The molecule has 21 heavy (non-hydrogen) atoms. The van der Waals surface area contributed by atoms with Crippen molar-refractivity contribution < 1.29 is 4.79 Å². The molecule has 2 N–H and O–H groups in total. The van der Waals surface area contributed by atoms with Crippen LogP contribution in [-0.4, -0.2) is 28.9 Å². The molecule has 1 aliphatic carbocycles. The number of guanidine groups is 1. The second-order valence-corrected chi connectivity index (χ2v) is 6.25. The van der Waals surface area contributed by atoms with Crippen LogP contribution in [0.2, 0.25) is 0 Å². The van der Waals surface area contributed by atoms with E-state index in [1.54, 1.807) is 18.7 Å². The summed E-state index contributed by atoms with van der Waals surface area (Å²) < 4.78 is 0. The van der Waals surface area contributed by atoms with Gasteiger partial charge < -0.3 is 5.73 Å². The fourth-order valence-corrected chi connectivity index (χ4v) is 2.78. The first-order valence-electron chi connectivity index (χ1n) is 7.40. The molecule has 1 atom stereocenters. The van der Waals surface area contributed by atoms with Gasteiger partial charge in [-0.1, -0.05) is 36.4 Å². The predicted octanol–water partition coefficient (Wildman–Crippen LogP) is 2.21. The zero-order valence-corrected chi connectivity index (χ0v) is 12.5. The number of benzene rings is 1. The van der Waals surface area contributed by atoms with E-state index in [1.165, 1.54) is 11.1 Å². The molecule has 0 aromatic heterocycles. The lowest BCUT2D eigenvalue weighted by atomic mass is 9.87. The van der Waals surface area contributed by atoms with Crippen molar-refractivity contribution in [1.82, 2.24) is 4.90 Å². The summed E-state index contributed by atoms with van der Waals surface area (Å²) in [6.45, 7) is 4.18. The highest BCUT2D eigenvalue weighted by Crippen LogP contribution is 2.29. The van der Waals surface area contributed by atoms with E-state index >= 15 is 0 Å². The number of aliphatic imine (C=N–C) groups is 1. The van der Waals surface area contributed by atoms with Gasteiger partial charge >= 0.3 is 0 Å². The minimum Gasteiger partial charge on any atom is -0.369 e. The lowest BCUT2D eigenvalue weighted by Gasteiger charge is -2.20. The molecule has 3 rings (SSSR count). The van der Waals surface area contributed by atoms with Crippen molar-refractivity contribution in [1.29, 1.82) is 0 Å². The van der Waals surface area contributed by atoms with E-state index in [1.807, 2.05) is 0 Å². The van der Waals surface area contributed by atoms with Crippen LogP contribution in [0.15, 0.2) is 41.4 Å². The second kappa shape index (κ2) is 5.02. The van der Waals surface area contributed by atoms with Crippen molar-refractivity contribution in [3.8, 4) is 0 Å². The summed E-state index contributed by atoms with van der Waals surface area (Å²) in [5.41, 5.74) is 7.73. The Hall–Kier alpha value is -2.10. The first-order valence-corrected chi connectivity index (χ1v) is 7.40. The van der Waals surface area contributed by atoms with Crippen molar-refractivity contribution in [2.75, 3.05) is 6.54 Å². The average molecular weight is 283 g/mol. The van der Waals surface area contributed by atoms with Crippen LogP contribution in [0.3, 0.4) is 0 Å². The number of rotatable bonds is 4. The van der Waals surface area contributed by atoms with E-state index in [0.717, 1.165) is 12.8 Å². The van der Waals surface area contributed by atoms with Gasteiger partial charge in [0.2, 0.25) is 0 Å². The van der Waals surface area contributed by atoms with Crippen LogP contribution >= 0.6 is 0 Å². The maximum atomic E-state index is 12.2. The Labute approximate surface area is 125 Å². The second-order valence-electron chi connectivity index (χ2n) is 6.25. The fraction of sp³-hybridized carbons (Fsp3) is 0.412. The number of amides is 1. The number of hydrogen-bond donors (Lipinski definition) is 1. The van der Waals surface area contributed by atoms with Crippen molar-refractivity contribution >= 4 is 11.9 Å². The van der Waals surface area contributed by atoms with E-state index in [4.69, 9.17) is 5.73 Å². The molecular formula is C17H21N3O. The van der Waals surface area contributed by atoms with Gasteiger partial charge in [0.1, 0.15) is 5.54 Å². The molecule has 2 aliphatic rings. The molecule has 0 spiro atoms. The van der Waals surface area contributed by atoms with Gasteiger partial charge in [0.25, 0.3) is 5.91 Å². The number of carbonyl (C=O) groups is 1. The smallest absolute Gasteiger partial charge is 0.256 e. The molecule has 1 unspecified atom stereocenters. The van der Waals surface area contributed by atoms with Crippen LogP contribution in [0, 0.1) is 0 Å². The largest absolute Gasteiger partial charge is 0.369 e. The maximum absolute atomic E-state index is 12.2. The molecule has 110 valence electrons. The lowest BCUT2D eigenvalue weighted by molar-refractivity contribution is -0.130.